The lowest BCUT2D eigenvalue weighted by atomic mass is 10.2. The van der Waals surface area contributed by atoms with Gasteiger partial charge in [0, 0.05) is 15.1 Å². The fourth-order valence-corrected chi connectivity index (χ4v) is 2.40. The molecule has 0 fully saturated rings. The minimum absolute atomic E-state index is 0.552. The monoisotopic (exact) mass is 208 g/mol. The van der Waals surface area contributed by atoms with E-state index in [0.717, 1.165) is 10.1 Å². The fraction of sp³-hybridized carbons (Fsp3) is 0. The van der Waals surface area contributed by atoms with Gasteiger partial charge in [-0.05, 0) is 12.1 Å². The van der Waals surface area contributed by atoms with Gasteiger partial charge >= 0.3 is 0 Å². The van der Waals surface area contributed by atoms with Crippen LogP contribution in [0, 0.1) is 11.3 Å². The number of benzene rings is 1. The van der Waals surface area contributed by atoms with Gasteiger partial charge in [-0.2, -0.15) is 5.26 Å². The Balaban J connectivity index is 2.88. The molecule has 0 atom stereocenters. The third kappa shape index (κ3) is 1.24. The molecule has 0 amide bonds. The zero-order valence-electron chi connectivity index (χ0n) is 6.54. The fourth-order valence-electron chi connectivity index (χ4n) is 1.20. The van der Waals surface area contributed by atoms with E-state index >= 15 is 0 Å². The zero-order chi connectivity index (χ0) is 9.42. The summed E-state index contributed by atoms with van der Waals surface area (Å²) in [5.74, 6) is 0. The summed E-state index contributed by atoms with van der Waals surface area (Å²) >= 11 is 7.19. The summed E-state index contributed by atoms with van der Waals surface area (Å²) in [6.07, 6.45) is 0. The van der Waals surface area contributed by atoms with Crippen LogP contribution in [-0.2, 0) is 0 Å². The second-order valence-corrected chi connectivity index (χ2v) is 4.11. The molecular formula is C9H5ClN2S. The summed E-state index contributed by atoms with van der Waals surface area (Å²) in [5.41, 5.74) is 6.22. The smallest absolute Gasteiger partial charge is 0.105 e. The van der Waals surface area contributed by atoms with Crippen molar-refractivity contribution in [2.45, 2.75) is 0 Å². The minimum Gasteiger partial charge on any atom is -0.389 e. The Hall–Kier alpha value is -1.24. The van der Waals surface area contributed by atoms with Crippen LogP contribution in [0.2, 0.25) is 5.02 Å². The highest BCUT2D eigenvalue weighted by Gasteiger charge is 2.08. The standard InChI is InChI=1S/C9H5ClN2S/c10-5-1-2-6-7(4-11)9(12)13-8(6)3-5/h1-3H,12H2. The van der Waals surface area contributed by atoms with E-state index in [1.54, 1.807) is 6.07 Å². The van der Waals surface area contributed by atoms with Crippen LogP contribution in [0.1, 0.15) is 5.56 Å². The molecule has 0 radical (unpaired) electrons. The van der Waals surface area contributed by atoms with Gasteiger partial charge in [-0.3, -0.25) is 0 Å². The molecular weight excluding hydrogens is 204 g/mol. The number of thiophene rings is 1. The summed E-state index contributed by atoms with van der Waals surface area (Å²) in [6.45, 7) is 0. The highest BCUT2D eigenvalue weighted by atomic mass is 35.5. The number of nitrogen functional groups attached to an aromatic ring is 1. The molecule has 0 saturated heterocycles. The average Bonchev–Trinajstić information content (AvgIpc) is 2.39. The maximum absolute atomic E-state index is 8.82. The van der Waals surface area contributed by atoms with E-state index in [4.69, 9.17) is 22.6 Å². The maximum atomic E-state index is 8.82. The summed E-state index contributed by atoms with van der Waals surface area (Å²) in [5, 5.41) is 10.9. The molecule has 2 aromatic rings. The number of nitriles is 1. The molecule has 1 aromatic carbocycles. The first kappa shape index (κ1) is 8.36. The molecule has 0 aliphatic rings. The van der Waals surface area contributed by atoms with Gasteiger partial charge in [-0.15, -0.1) is 11.3 Å². The third-order valence-corrected chi connectivity index (χ3v) is 3.01. The predicted octanol–water partition coefficient (Wildman–Crippen LogP) is 3.01. The Kier molecular flexibility index (Phi) is 1.87. The number of anilines is 1. The number of hydrogen-bond donors (Lipinski definition) is 1. The third-order valence-electron chi connectivity index (χ3n) is 1.79. The molecule has 13 heavy (non-hydrogen) atoms. The van der Waals surface area contributed by atoms with Crippen molar-refractivity contribution in [2.24, 2.45) is 0 Å². The Bertz CT molecular complexity index is 510. The van der Waals surface area contributed by atoms with Crippen molar-refractivity contribution in [3.8, 4) is 6.07 Å². The van der Waals surface area contributed by atoms with Crippen molar-refractivity contribution in [1.29, 1.82) is 5.26 Å². The van der Waals surface area contributed by atoms with Crippen molar-refractivity contribution >= 4 is 38.0 Å². The second-order valence-electron chi connectivity index (χ2n) is 2.59. The SMILES string of the molecule is N#Cc1c(N)sc2cc(Cl)ccc12. The molecule has 0 unspecified atom stereocenters. The average molecular weight is 209 g/mol. The molecule has 0 spiro atoms. The van der Waals surface area contributed by atoms with Crippen molar-refractivity contribution in [3.05, 3.63) is 28.8 Å². The minimum atomic E-state index is 0.552. The van der Waals surface area contributed by atoms with Gasteiger partial charge in [0.1, 0.15) is 11.1 Å². The number of fused-ring (bicyclic) bond motifs is 1. The van der Waals surface area contributed by atoms with E-state index in [1.165, 1.54) is 11.3 Å². The van der Waals surface area contributed by atoms with Crippen LogP contribution in [0.5, 0.6) is 0 Å². The topological polar surface area (TPSA) is 49.8 Å². The first-order valence-electron chi connectivity index (χ1n) is 3.60. The molecule has 0 bridgehead atoms. The van der Waals surface area contributed by atoms with E-state index in [2.05, 4.69) is 6.07 Å². The lowest BCUT2D eigenvalue weighted by Gasteiger charge is -1.89. The highest BCUT2D eigenvalue weighted by Crippen LogP contribution is 2.34. The van der Waals surface area contributed by atoms with Gasteiger partial charge in [0.2, 0.25) is 0 Å². The molecule has 0 aliphatic carbocycles. The van der Waals surface area contributed by atoms with E-state index in [1.807, 2.05) is 12.1 Å². The van der Waals surface area contributed by atoms with Crippen molar-refractivity contribution < 1.29 is 0 Å². The van der Waals surface area contributed by atoms with E-state index in [9.17, 15) is 0 Å². The first-order chi connectivity index (χ1) is 6.22. The normalized spacial score (nSPS) is 10.2. The molecule has 1 aromatic heterocycles. The summed E-state index contributed by atoms with van der Waals surface area (Å²) in [7, 11) is 0. The Morgan fingerprint density at radius 1 is 1.46 bits per heavy atom. The van der Waals surface area contributed by atoms with Crippen LogP contribution >= 0.6 is 22.9 Å². The zero-order valence-corrected chi connectivity index (χ0v) is 8.12. The Morgan fingerprint density at radius 2 is 2.23 bits per heavy atom. The Morgan fingerprint density at radius 3 is 2.92 bits per heavy atom. The van der Waals surface area contributed by atoms with Gasteiger partial charge in [-0.25, -0.2) is 0 Å². The van der Waals surface area contributed by atoms with Crippen LogP contribution in [0.3, 0.4) is 0 Å². The lowest BCUT2D eigenvalue weighted by Crippen LogP contribution is -1.81. The van der Waals surface area contributed by atoms with Crippen molar-refractivity contribution in [2.75, 3.05) is 5.73 Å². The highest BCUT2D eigenvalue weighted by molar-refractivity contribution is 7.23. The van der Waals surface area contributed by atoms with Gasteiger partial charge in [-0.1, -0.05) is 17.7 Å². The van der Waals surface area contributed by atoms with Crippen LogP contribution in [0.4, 0.5) is 5.00 Å². The number of halogens is 1. The Labute approximate surface area is 84.2 Å². The number of nitrogens with two attached hydrogens (primary N) is 1. The van der Waals surface area contributed by atoms with Crippen LogP contribution in [-0.4, -0.2) is 0 Å². The van der Waals surface area contributed by atoms with Gasteiger partial charge in [0.15, 0.2) is 0 Å². The quantitative estimate of drug-likeness (QED) is 0.724. The van der Waals surface area contributed by atoms with Crippen LogP contribution < -0.4 is 5.73 Å². The summed E-state index contributed by atoms with van der Waals surface area (Å²) in [6, 6.07) is 7.48. The molecule has 2 N–H and O–H groups in total. The lowest BCUT2D eigenvalue weighted by molar-refractivity contribution is 1.52. The summed E-state index contributed by atoms with van der Waals surface area (Å²) < 4.78 is 0.960. The van der Waals surface area contributed by atoms with Gasteiger partial charge in [0.25, 0.3) is 0 Å². The van der Waals surface area contributed by atoms with Gasteiger partial charge < -0.3 is 5.73 Å². The van der Waals surface area contributed by atoms with E-state index in [0.29, 0.717) is 15.6 Å². The molecule has 64 valence electrons. The van der Waals surface area contributed by atoms with E-state index < -0.39 is 0 Å². The molecule has 4 heteroatoms. The van der Waals surface area contributed by atoms with Crippen molar-refractivity contribution in [3.63, 3.8) is 0 Å². The van der Waals surface area contributed by atoms with Gasteiger partial charge in [0.05, 0.1) is 5.56 Å². The largest absolute Gasteiger partial charge is 0.389 e. The molecule has 1 heterocycles. The second kappa shape index (κ2) is 2.91. The predicted molar refractivity (Wildman–Crippen MR) is 56.0 cm³/mol. The maximum Gasteiger partial charge on any atom is 0.105 e. The first-order valence-corrected chi connectivity index (χ1v) is 4.79. The van der Waals surface area contributed by atoms with Crippen LogP contribution in [0.25, 0.3) is 10.1 Å². The molecule has 0 aliphatic heterocycles. The summed E-state index contributed by atoms with van der Waals surface area (Å²) in [4.78, 5) is 0. The number of hydrogen-bond acceptors (Lipinski definition) is 3. The molecule has 2 nitrogen and oxygen atoms in total. The van der Waals surface area contributed by atoms with Crippen LogP contribution in [0.15, 0.2) is 18.2 Å². The van der Waals surface area contributed by atoms with E-state index in [-0.39, 0.29) is 0 Å². The van der Waals surface area contributed by atoms with Crippen molar-refractivity contribution in [1.82, 2.24) is 0 Å². The molecule has 0 saturated carbocycles. The molecule has 2 rings (SSSR count). The number of nitrogens with zero attached hydrogens (tertiary/aromatic N) is 1. The number of rotatable bonds is 0.